The molecule has 1 aromatic carbocycles. The SMILES string of the molecule is Nc1nc(-c2cc(Cl)cc(Cl)c2)c2nc(Cl)ccc2n1. The fraction of sp³-hybridized carbons (Fsp3) is 0. The standard InChI is InChI=1S/C13H7Cl3N4/c14-7-3-6(4-8(15)5-7)11-12-9(18-13(17)20-11)1-2-10(16)19-12/h1-5H,(H2,17,18,20). The number of benzene rings is 1. The molecule has 3 rings (SSSR count). The quantitative estimate of drug-likeness (QED) is 0.680. The molecule has 2 N–H and O–H groups in total. The third kappa shape index (κ3) is 2.50. The lowest BCUT2D eigenvalue weighted by Gasteiger charge is -2.07. The van der Waals surface area contributed by atoms with Gasteiger partial charge in [0.15, 0.2) is 0 Å². The summed E-state index contributed by atoms with van der Waals surface area (Å²) in [6.07, 6.45) is 0. The highest BCUT2D eigenvalue weighted by molar-refractivity contribution is 6.35. The van der Waals surface area contributed by atoms with E-state index in [1.54, 1.807) is 30.3 Å². The summed E-state index contributed by atoms with van der Waals surface area (Å²) < 4.78 is 0. The van der Waals surface area contributed by atoms with Crippen LogP contribution in [-0.4, -0.2) is 15.0 Å². The average Bonchev–Trinajstić information content (AvgIpc) is 2.37. The smallest absolute Gasteiger partial charge is 0.221 e. The van der Waals surface area contributed by atoms with Gasteiger partial charge in [0.1, 0.15) is 16.4 Å². The Bertz CT molecular complexity index is 800. The first-order valence-electron chi connectivity index (χ1n) is 5.59. The number of anilines is 1. The van der Waals surface area contributed by atoms with Crippen LogP contribution in [-0.2, 0) is 0 Å². The minimum absolute atomic E-state index is 0.146. The van der Waals surface area contributed by atoms with Crippen molar-refractivity contribution in [2.24, 2.45) is 0 Å². The molecule has 0 bridgehead atoms. The number of rotatable bonds is 1. The molecule has 0 aliphatic rings. The van der Waals surface area contributed by atoms with Crippen LogP contribution >= 0.6 is 34.8 Å². The number of pyridine rings is 1. The maximum atomic E-state index is 6.02. The highest BCUT2D eigenvalue weighted by Crippen LogP contribution is 2.30. The second-order valence-corrected chi connectivity index (χ2v) is 5.35. The molecule has 3 aromatic rings. The van der Waals surface area contributed by atoms with Crippen LogP contribution in [0.2, 0.25) is 15.2 Å². The summed E-state index contributed by atoms with van der Waals surface area (Å²) in [4.78, 5) is 12.6. The van der Waals surface area contributed by atoms with E-state index in [0.717, 1.165) is 0 Å². The van der Waals surface area contributed by atoms with Gasteiger partial charge in [0.25, 0.3) is 0 Å². The first-order valence-corrected chi connectivity index (χ1v) is 6.72. The van der Waals surface area contributed by atoms with Crippen molar-refractivity contribution in [2.75, 3.05) is 5.73 Å². The van der Waals surface area contributed by atoms with Crippen molar-refractivity contribution >= 4 is 51.8 Å². The van der Waals surface area contributed by atoms with Crippen LogP contribution in [0, 0.1) is 0 Å². The highest BCUT2D eigenvalue weighted by Gasteiger charge is 2.12. The molecular formula is C13H7Cl3N4. The molecule has 0 fully saturated rings. The maximum absolute atomic E-state index is 6.02. The summed E-state index contributed by atoms with van der Waals surface area (Å²) >= 11 is 18.0. The van der Waals surface area contributed by atoms with Crippen LogP contribution in [0.15, 0.2) is 30.3 Å². The number of fused-ring (bicyclic) bond motifs is 1. The van der Waals surface area contributed by atoms with E-state index in [2.05, 4.69) is 15.0 Å². The fourth-order valence-electron chi connectivity index (χ4n) is 1.90. The van der Waals surface area contributed by atoms with Crippen LogP contribution in [0.3, 0.4) is 0 Å². The maximum Gasteiger partial charge on any atom is 0.221 e. The molecule has 100 valence electrons. The van der Waals surface area contributed by atoms with E-state index in [-0.39, 0.29) is 5.95 Å². The van der Waals surface area contributed by atoms with Crippen LogP contribution in [0.25, 0.3) is 22.3 Å². The Hall–Kier alpha value is -1.62. The summed E-state index contributed by atoms with van der Waals surface area (Å²) in [7, 11) is 0. The Balaban J connectivity index is 2.37. The first kappa shape index (κ1) is 13.4. The Morgan fingerprint density at radius 3 is 2.25 bits per heavy atom. The number of nitrogens with zero attached hydrogens (tertiary/aromatic N) is 3. The van der Waals surface area contributed by atoms with E-state index in [0.29, 0.717) is 37.5 Å². The minimum atomic E-state index is 0.146. The van der Waals surface area contributed by atoms with Gasteiger partial charge in [-0.15, -0.1) is 0 Å². The second kappa shape index (κ2) is 5.05. The topological polar surface area (TPSA) is 64.7 Å². The molecule has 0 radical (unpaired) electrons. The fourth-order valence-corrected chi connectivity index (χ4v) is 2.57. The van der Waals surface area contributed by atoms with Crippen molar-refractivity contribution < 1.29 is 0 Å². The number of hydrogen-bond acceptors (Lipinski definition) is 4. The van der Waals surface area contributed by atoms with Gasteiger partial charge in [0.2, 0.25) is 5.95 Å². The van der Waals surface area contributed by atoms with Gasteiger partial charge in [-0.1, -0.05) is 34.8 Å². The number of hydrogen-bond donors (Lipinski definition) is 1. The van der Waals surface area contributed by atoms with Gasteiger partial charge in [-0.2, -0.15) is 0 Å². The third-order valence-corrected chi connectivity index (χ3v) is 3.31. The predicted molar refractivity (Wildman–Crippen MR) is 82.2 cm³/mol. The third-order valence-electron chi connectivity index (χ3n) is 2.66. The van der Waals surface area contributed by atoms with E-state index in [1.807, 2.05) is 0 Å². The van der Waals surface area contributed by atoms with Gasteiger partial charge >= 0.3 is 0 Å². The van der Waals surface area contributed by atoms with Crippen molar-refractivity contribution in [1.82, 2.24) is 15.0 Å². The molecule has 4 nitrogen and oxygen atoms in total. The van der Waals surface area contributed by atoms with E-state index >= 15 is 0 Å². The van der Waals surface area contributed by atoms with Crippen LogP contribution < -0.4 is 5.73 Å². The molecule has 0 spiro atoms. The lowest BCUT2D eigenvalue weighted by atomic mass is 10.1. The predicted octanol–water partition coefficient (Wildman–Crippen LogP) is 4.23. The lowest BCUT2D eigenvalue weighted by molar-refractivity contribution is 1.21. The lowest BCUT2D eigenvalue weighted by Crippen LogP contribution is -1.99. The summed E-state index contributed by atoms with van der Waals surface area (Å²) in [5, 5.41) is 1.35. The monoisotopic (exact) mass is 324 g/mol. The molecule has 0 saturated carbocycles. The largest absolute Gasteiger partial charge is 0.368 e. The zero-order chi connectivity index (χ0) is 14.3. The summed E-state index contributed by atoms with van der Waals surface area (Å²) in [5.74, 6) is 0.146. The van der Waals surface area contributed by atoms with E-state index < -0.39 is 0 Å². The van der Waals surface area contributed by atoms with Gasteiger partial charge in [-0.25, -0.2) is 15.0 Å². The summed E-state index contributed by atoms with van der Waals surface area (Å²) in [6.45, 7) is 0. The summed E-state index contributed by atoms with van der Waals surface area (Å²) in [5.41, 5.74) is 8.12. The minimum Gasteiger partial charge on any atom is -0.368 e. The number of nitrogen functional groups attached to an aromatic ring is 1. The molecule has 2 heterocycles. The average molecular weight is 326 g/mol. The van der Waals surface area contributed by atoms with Crippen LogP contribution in [0.5, 0.6) is 0 Å². The molecule has 2 aromatic heterocycles. The van der Waals surface area contributed by atoms with E-state index in [9.17, 15) is 0 Å². The van der Waals surface area contributed by atoms with Crippen molar-refractivity contribution in [1.29, 1.82) is 0 Å². The molecule has 0 aliphatic heterocycles. The molecular weight excluding hydrogens is 319 g/mol. The number of nitrogens with two attached hydrogens (primary N) is 1. The zero-order valence-electron chi connectivity index (χ0n) is 9.94. The van der Waals surface area contributed by atoms with E-state index in [1.165, 1.54) is 0 Å². The summed E-state index contributed by atoms with van der Waals surface area (Å²) in [6, 6.07) is 8.48. The van der Waals surface area contributed by atoms with Gasteiger partial charge in [0, 0.05) is 15.6 Å². The van der Waals surface area contributed by atoms with Gasteiger partial charge in [-0.3, -0.25) is 0 Å². The number of aromatic nitrogens is 3. The first-order chi connectivity index (χ1) is 9.52. The van der Waals surface area contributed by atoms with Crippen molar-refractivity contribution in [2.45, 2.75) is 0 Å². The Kier molecular flexibility index (Phi) is 3.38. The Morgan fingerprint density at radius 2 is 1.55 bits per heavy atom. The Morgan fingerprint density at radius 1 is 0.850 bits per heavy atom. The van der Waals surface area contributed by atoms with Crippen molar-refractivity contribution in [3.05, 3.63) is 45.5 Å². The molecule has 0 saturated heterocycles. The van der Waals surface area contributed by atoms with Crippen molar-refractivity contribution in [3.63, 3.8) is 0 Å². The molecule has 0 atom stereocenters. The van der Waals surface area contributed by atoms with Gasteiger partial charge in [-0.05, 0) is 30.3 Å². The molecule has 0 aliphatic carbocycles. The molecule has 0 amide bonds. The number of halogens is 3. The zero-order valence-corrected chi connectivity index (χ0v) is 12.2. The normalized spacial score (nSPS) is 10.9. The van der Waals surface area contributed by atoms with Crippen molar-refractivity contribution in [3.8, 4) is 11.3 Å². The second-order valence-electron chi connectivity index (χ2n) is 4.09. The van der Waals surface area contributed by atoms with Crippen LogP contribution in [0.4, 0.5) is 5.95 Å². The highest BCUT2D eigenvalue weighted by atomic mass is 35.5. The Labute approximate surface area is 129 Å². The molecule has 0 unspecified atom stereocenters. The van der Waals surface area contributed by atoms with Gasteiger partial charge < -0.3 is 5.73 Å². The molecule has 20 heavy (non-hydrogen) atoms. The van der Waals surface area contributed by atoms with Crippen LogP contribution in [0.1, 0.15) is 0 Å². The molecule has 7 heteroatoms. The van der Waals surface area contributed by atoms with Gasteiger partial charge in [0.05, 0.1) is 5.52 Å². The van der Waals surface area contributed by atoms with E-state index in [4.69, 9.17) is 40.5 Å².